The standard InChI is InChI=1S/C14H21O13P/c1-6(16)23-11-10(5-15)27-14(26-9(4)19,28(20,21)22)13(25-8(3)18)12(11)24-7(2)17/h10-13,15H,5H2,1-4H3,(H2,20,21,22)/t10-,11+,12+,13-,14+/m0/s1. The van der Waals surface area contributed by atoms with E-state index in [1.54, 1.807) is 0 Å². The molecule has 0 aromatic carbocycles. The van der Waals surface area contributed by atoms with Gasteiger partial charge in [0.25, 0.3) is 0 Å². The van der Waals surface area contributed by atoms with E-state index in [9.17, 15) is 38.6 Å². The van der Waals surface area contributed by atoms with Crippen LogP contribution in [0.25, 0.3) is 0 Å². The molecule has 13 nitrogen and oxygen atoms in total. The second-order valence-corrected chi connectivity index (χ2v) is 7.50. The molecule has 0 aromatic heterocycles. The highest BCUT2D eigenvalue weighted by Gasteiger charge is 2.70. The van der Waals surface area contributed by atoms with E-state index in [0.29, 0.717) is 0 Å². The Balaban J connectivity index is 3.71. The molecule has 0 saturated carbocycles. The summed E-state index contributed by atoms with van der Waals surface area (Å²) < 4.78 is 36.9. The van der Waals surface area contributed by atoms with Crippen LogP contribution < -0.4 is 0 Å². The van der Waals surface area contributed by atoms with Crippen molar-refractivity contribution in [2.24, 2.45) is 0 Å². The van der Waals surface area contributed by atoms with Crippen molar-refractivity contribution >= 4 is 31.5 Å². The number of hydrogen-bond donors (Lipinski definition) is 3. The summed E-state index contributed by atoms with van der Waals surface area (Å²) in [6.45, 7) is 2.55. The summed E-state index contributed by atoms with van der Waals surface area (Å²) in [5.74, 6) is -4.30. The van der Waals surface area contributed by atoms with E-state index < -0.39 is 68.0 Å². The monoisotopic (exact) mass is 428 g/mol. The molecule has 0 bridgehead atoms. The van der Waals surface area contributed by atoms with Crippen molar-refractivity contribution < 1.29 is 62.3 Å². The van der Waals surface area contributed by atoms with Gasteiger partial charge in [-0.25, -0.2) is 0 Å². The third-order valence-corrected chi connectivity index (χ3v) is 4.70. The fourth-order valence-corrected chi connectivity index (χ4v) is 3.69. The van der Waals surface area contributed by atoms with Crippen LogP contribution in [0.2, 0.25) is 0 Å². The summed E-state index contributed by atoms with van der Waals surface area (Å²) in [6, 6.07) is 0. The van der Waals surface area contributed by atoms with Gasteiger partial charge in [-0.2, -0.15) is 0 Å². The van der Waals surface area contributed by atoms with E-state index in [4.69, 9.17) is 23.7 Å². The first-order valence-electron chi connectivity index (χ1n) is 7.80. The predicted octanol–water partition coefficient (Wildman–Crippen LogP) is -1.43. The number of carbonyl (C=O) groups excluding carboxylic acids is 4. The molecule has 160 valence electrons. The minimum absolute atomic E-state index is 0.790. The van der Waals surface area contributed by atoms with Crippen molar-refractivity contribution in [1.82, 2.24) is 0 Å². The summed E-state index contributed by atoms with van der Waals surface area (Å²) in [4.78, 5) is 65.8. The quantitative estimate of drug-likeness (QED) is 0.253. The Hall–Kier alpha value is -2.05. The molecule has 0 aromatic rings. The van der Waals surface area contributed by atoms with Crippen molar-refractivity contribution in [1.29, 1.82) is 0 Å². The van der Waals surface area contributed by atoms with Crippen LogP contribution in [-0.2, 0) is 47.4 Å². The lowest BCUT2D eigenvalue weighted by Crippen LogP contribution is -2.68. The van der Waals surface area contributed by atoms with Gasteiger partial charge in [-0.3, -0.25) is 23.7 Å². The third kappa shape index (κ3) is 5.26. The van der Waals surface area contributed by atoms with Crippen molar-refractivity contribution in [2.75, 3.05) is 6.61 Å². The van der Waals surface area contributed by atoms with E-state index >= 15 is 0 Å². The first-order chi connectivity index (χ1) is 12.7. The molecule has 1 saturated heterocycles. The van der Waals surface area contributed by atoms with Gasteiger partial charge >= 0.3 is 37.0 Å². The molecular weight excluding hydrogens is 407 g/mol. The molecule has 1 rings (SSSR count). The molecule has 0 radical (unpaired) electrons. The Bertz CT molecular complexity index is 685. The number of rotatable bonds is 6. The topological polar surface area (TPSA) is 192 Å². The summed E-state index contributed by atoms with van der Waals surface area (Å²) in [5.41, 5.74) is -3.27. The van der Waals surface area contributed by atoms with Gasteiger partial charge in [0.05, 0.1) is 6.61 Å². The van der Waals surface area contributed by atoms with Crippen LogP contribution in [0.1, 0.15) is 27.7 Å². The molecule has 3 N–H and O–H groups in total. The van der Waals surface area contributed by atoms with Crippen LogP contribution in [0, 0.1) is 0 Å². The number of carbonyl (C=O) groups is 4. The molecule has 0 aliphatic carbocycles. The molecule has 1 aliphatic rings. The smallest absolute Gasteiger partial charge is 0.401 e. The van der Waals surface area contributed by atoms with Crippen molar-refractivity contribution in [3.63, 3.8) is 0 Å². The maximum Gasteiger partial charge on any atom is 0.401 e. The zero-order valence-electron chi connectivity index (χ0n) is 15.4. The highest BCUT2D eigenvalue weighted by atomic mass is 31.2. The molecule has 0 unspecified atom stereocenters. The lowest BCUT2D eigenvalue weighted by Gasteiger charge is -2.49. The van der Waals surface area contributed by atoms with Crippen LogP contribution in [-0.4, -0.2) is 75.3 Å². The molecule has 14 heteroatoms. The Morgan fingerprint density at radius 1 is 0.893 bits per heavy atom. The highest BCUT2D eigenvalue weighted by Crippen LogP contribution is 2.58. The zero-order valence-corrected chi connectivity index (χ0v) is 16.3. The van der Waals surface area contributed by atoms with Gasteiger partial charge in [-0.1, -0.05) is 0 Å². The third-order valence-electron chi connectivity index (χ3n) is 3.44. The average molecular weight is 428 g/mol. The van der Waals surface area contributed by atoms with E-state index in [0.717, 1.165) is 27.7 Å². The lowest BCUT2D eigenvalue weighted by atomic mass is 9.97. The Morgan fingerprint density at radius 2 is 1.36 bits per heavy atom. The van der Waals surface area contributed by atoms with Gasteiger partial charge in [0.2, 0.25) is 6.10 Å². The molecule has 0 spiro atoms. The molecule has 28 heavy (non-hydrogen) atoms. The van der Waals surface area contributed by atoms with Crippen LogP contribution >= 0.6 is 7.60 Å². The van der Waals surface area contributed by atoms with Gasteiger partial charge < -0.3 is 38.6 Å². The average Bonchev–Trinajstić information content (AvgIpc) is 2.49. The second-order valence-electron chi connectivity index (χ2n) is 5.79. The van der Waals surface area contributed by atoms with Gasteiger partial charge in [0.15, 0.2) is 12.2 Å². The van der Waals surface area contributed by atoms with Crippen molar-refractivity contribution in [2.45, 2.75) is 57.6 Å². The molecule has 1 heterocycles. The Kier molecular flexibility index (Phi) is 7.68. The number of aliphatic hydroxyl groups is 1. The van der Waals surface area contributed by atoms with E-state index in [1.807, 2.05) is 0 Å². The predicted molar refractivity (Wildman–Crippen MR) is 85.2 cm³/mol. The van der Waals surface area contributed by atoms with Gasteiger partial charge in [-0.05, 0) is 0 Å². The molecule has 5 atom stereocenters. The van der Waals surface area contributed by atoms with Gasteiger partial charge in [0.1, 0.15) is 6.10 Å². The largest absolute Gasteiger partial charge is 0.456 e. The molecular formula is C14H21O13P. The number of ether oxygens (including phenoxy) is 5. The minimum atomic E-state index is -5.62. The summed E-state index contributed by atoms with van der Waals surface area (Å²) in [5, 5.41) is 9.57. The number of aliphatic hydroxyl groups excluding tert-OH is 1. The maximum absolute atomic E-state index is 12.2. The van der Waals surface area contributed by atoms with Gasteiger partial charge in [0, 0.05) is 27.7 Å². The maximum atomic E-state index is 12.2. The van der Waals surface area contributed by atoms with Crippen molar-refractivity contribution in [3.8, 4) is 0 Å². The normalized spacial score (nSPS) is 30.1. The van der Waals surface area contributed by atoms with E-state index in [2.05, 4.69) is 0 Å². The Morgan fingerprint density at radius 3 is 1.71 bits per heavy atom. The molecule has 1 aliphatic heterocycles. The van der Waals surface area contributed by atoms with Gasteiger partial charge in [-0.15, -0.1) is 0 Å². The van der Waals surface area contributed by atoms with Crippen LogP contribution in [0.5, 0.6) is 0 Å². The summed E-state index contributed by atoms with van der Waals surface area (Å²) in [6.07, 6.45) is -7.48. The van der Waals surface area contributed by atoms with Crippen LogP contribution in [0.4, 0.5) is 0 Å². The Labute approximate surface area is 159 Å². The number of esters is 4. The van der Waals surface area contributed by atoms with E-state index in [-0.39, 0.29) is 0 Å². The second kappa shape index (κ2) is 8.97. The summed E-state index contributed by atoms with van der Waals surface area (Å²) >= 11 is 0. The zero-order chi connectivity index (χ0) is 21.9. The summed E-state index contributed by atoms with van der Waals surface area (Å²) in [7, 11) is -5.62. The SMILES string of the molecule is CC(=O)O[C@@H]1[C@H](OC(C)=O)[C@H](CO)O[C@@](OC(C)=O)(P(=O)(O)O)[C@H]1OC(C)=O. The fraction of sp³-hybridized carbons (Fsp3) is 0.714. The van der Waals surface area contributed by atoms with Crippen LogP contribution in [0.3, 0.4) is 0 Å². The van der Waals surface area contributed by atoms with E-state index in [1.165, 1.54) is 0 Å². The van der Waals surface area contributed by atoms with Crippen LogP contribution in [0.15, 0.2) is 0 Å². The molecule has 1 fully saturated rings. The highest BCUT2D eigenvalue weighted by molar-refractivity contribution is 7.53. The molecule has 0 amide bonds. The number of hydrogen-bond acceptors (Lipinski definition) is 11. The first-order valence-corrected chi connectivity index (χ1v) is 9.42. The first kappa shape index (κ1) is 24.0. The minimum Gasteiger partial charge on any atom is -0.456 e. The lowest BCUT2D eigenvalue weighted by molar-refractivity contribution is -0.324. The fourth-order valence-electron chi connectivity index (χ4n) is 2.64. The van der Waals surface area contributed by atoms with Crippen molar-refractivity contribution in [3.05, 3.63) is 0 Å².